The Morgan fingerprint density at radius 3 is 2.44 bits per heavy atom. The van der Waals surface area contributed by atoms with Crippen molar-refractivity contribution < 1.29 is 4.79 Å². The highest BCUT2D eigenvalue weighted by Gasteiger charge is 2.22. The topological polar surface area (TPSA) is 64.3 Å². The molecule has 0 atom stereocenters. The molecule has 0 radical (unpaired) electrons. The van der Waals surface area contributed by atoms with Crippen LogP contribution < -0.4 is 5.32 Å². The number of amides is 1. The van der Waals surface area contributed by atoms with E-state index in [-0.39, 0.29) is 5.91 Å². The van der Waals surface area contributed by atoms with Crippen molar-refractivity contribution in [3.63, 3.8) is 0 Å². The molecule has 0 spiro atoms. The third-order valence-corrected chi connectivity index (χ3v) is 5.35. The van der Waals surface area contributed by atoms with E-state index < -0.39 is 0 Å². The molecule has 1 N–H and O–H groups in total. The summed E-state index contributed by atoms with van der Waals surface area (Å²) in [5.74, 6) is 0.540. The van der Waals surface area contributed by atoms with Gasteiger partial charge in [0.25, 0.3) is 0 Å². The summed E-state index contributed by atoms with van der Waals surface area (Å²) in [5, 5.41) is 12.7. The zero-order valence-corrected chi connectivity index (χ0v) is 16.3. The fourth-order valence-corrected chi connectivity index (χ4v) is 3.47. The second kappa shape index (κ2) is 8.38. The first-order valence-corrected chi connectivity index (χ1v) is 9.34. The first-order chi connectivity index (χ1) is 13.0. The second-order valence-electron chi connectivity index (χ2n) is 7.25. The number of nitrogens with one attached hydrogen (secondary N) is 1. The van der Waals surface area contributed by atoms with Crippen molar-refractivity contribution in [3.8, 4) is 6.07 Å². The third kappa shape index (κ3) is 4.38. The van der Waals surface area contributed by atoms with Crippen LogP contribution in [0.1, 0.15) is 22.4 Å². The monoisotopic (exact) mass is 365 g/mol. The van der Waals surface area contributed by atoms with Gasteiger partial charge in [0.15, 0.2) is 0 Å². The molecule has 27 heavy (non-hydrogen) atoms. The van der Waals surface area contributed by atoms with Crippen LogP contribution in [-0.2, 0) is 11.3 Å². The predicted octanol–water partition coefficient (Wildman–Crippen LogP) is 2.21. The molecule has 1 saturated heterocycles. The molecule has 0 unspecified atom stereocenters. The Balaban J connectivity index is 1.80. The number of nitrogens with zero attached hydrogens (tertiary/aromatic N) is 4. The predicted molar refractivity (Wildman–Crippen MR) is 107 cm³/mol. The fourth-order valence-electron chi connectivity index (χ4n) is 3.47. The highest BCUT2D eigenvalue weighted by molar-refractivity contribution is 5.93. The number of carbonyl (C=O) groups is 1. The van der Waals surface area contributed by atoms with Gasteiger partial charge in [-0.1, -0.05) is 30.3 Å². The van der Waals surface area contributed by atoms with E-state index in [2.05, 4.69) is 40.4 Å². The molecular formula is C21H27N5O. The van der Waals surface area contributed by atoms with Gasteiger partial charge in [-0.3, -0.25) is 9.69 Å². The minimum absolute atomic E-state index is 0.0668. The van der Waals surface area contributed by atoms with E-state index >= 15 is 0 Å². The lowest BCUT2D eigenvalue weighted by molar-refractivity contribution is -0.117. The van der Waals surface area contributed by atoms with E-state index in [0.29, 0.717) is 24.5 Å². The summed E-state index contributed by atoms with van der Waals surface area (Å²) in [6.45, 7) is 8.63. The van der Waals surface area contributed by atoms with E-state index in [9.17, 15) is 10.1 Å². The van der Waals surface area contributed by atoms with Gasteiger partial charge < -0.3 is 14.8 Å². The summed E-state index contributed by atoms with van der Waals surface area (Å²) in [6.07, 6.45) is 0. The van der Waals surface area contributed by atoms with Crippen molar-refractivity contribution >= 4 is 11.7 Å². The van der Waals surface area contributed by atoms with Crippen LogP contribution in [-0.4, -0.2) is 60.0 Å². The Labute approximate surface area is 161 Å². The van der Waals surface area contributed by atoms with Gasteiger partial charge in [0.2, 0.25) is 5.91 Å². The van der Waals surface area contributed by atoms with Crippen molar-refractivity contribution in [1.29, 1.82) is 5.26 Å². The van der Waals surface area contributed by atoms with Gasteiger partial charge >= 0.3 is 0 Å². The summed E-state index contributed by atoms with van der Waals surface area (Å²) in [5.41, 5.74) is 3.61. The van der Waals surface area contributed by atoms with E-state index in [1.807, 2.05) is 36.6 Å². The molecule has 3 rings (SSSR count). The van der Waals surface area contributed by atoms with Gasteiger partial charge in [0, 0.05) is 38.4 Å². The Bertz CT molecular complexity index is 842. The minimum Gasteiger partial charge on any atom is -0.326 e. The van der Waals surface area contributed by atoms with Crippen molar-refractivity contribution in [1.82, 2.24) is 14.4 Å². The number of aromatic nitrogens is 1. The van der Waals surface area contributed by atoms with Crippen molar-refractivity contribution in [2.24, 2.45) is 0 Å². The van der Waals surface area contributed by atoms with E-state index in [1.54, 1.807) is 0 Å². The Morgan fingerprint density at radius 1 is 1.15 bits per heavy atom. The lowest BCUT2D eigenvalue weighted by Gasteiger charge is -2.31. The molecule has 1 aromatic carbocycles. The molecule has 2 heterocycles. The number of nitriles is 1. The molecule has 1 aliphatic heterocycles. The highest BCUT2D eigenvalue weighted by atomic mass is 16.2. The summed E-state index contributed by atoms with van der Waals surface area (Å²) in [6, 6.07) is 12.4. The maximum Gasteiger partial charge on any atom is 0.239 e. The van der Waals surface area contributed by atoms with E-state index in [0.717, 1.165) is 43.0 Å². The standard InChI is InChI=1S/C21H27N5O/c1-16-17(2)26(14-18-7-5-4-6-8-18)21(19(16)13-22)23-20(27)15-25-11-9-24(3)10-12-25/h4-8H,9-12,14-15H2,1-3H3,(H,23,27). The number of carbonyl (C=O) groups excluding carboxylic acids is 1. The van der Waals surface area contributed by atoms with Crippen LogP contribution in [0.2, 0.25) is 0 Å². The van der Waals surface area contributed by atoms with Crippen molar-refractivity contribution in [3.05, 3.63) is 52.7 Å². The third-order valence-electron chi connectivity index (χ3n) is 5.35. The quantitative estimate of drug-likeness (QED) is 0.882. The minimum atomic E-state index is -0.0668. The summed E-state index contributed by atoms with van der Waals surface area (Å²) in [7, 11) is 2.10. The SMILES string of the molecule is Cc1c(C#N)c(NC(=O)CN2CCN(C)CC2)n(Cc2ccccc2)c1C. The summed E-state index contributed by atoms with van der Waals surface area (Å²) in [4.78, 5) is 17.1. The first kappa shape index (κ1) is 19.2. The molecule has 0 bridgehead atoms. The zero-order valence-electron chi connectivity index (χ0n) is 16.3. The van der Waals surface area contributed by atoms with Gasteiger partial charge in [0.05, 0.1) is 12.1 Å². The molecule has 0 saturated carbocycles. The van der Waals surface area contributed by atoms with Gasteiger partial charge in [-0.15, -0.1) is 0 Å². The van der Waals surface area contributed by atoms with Crippen LogP contribution in [0.5, 0.6) is 0 Å². The van der Waals surface area contributed by atoms with E-state index in [4.69, 9.17) is 0 Å². The van der Waals surface area contributed by atoms with Crippen LogP contribution in [0.3, 0.4) is 0 Å². The molecule has 1 aromatic heterocycles. The normalized spacial score (nSPS) is 15.5. The largest absolute Gasteiger partial charge is 0.326 e. The molecular weight excluding hydrogens is 338 g/mol. The summed E-state index contributed by atoms with van der Waals surface area (Å²) < 4.78 is 2.03. The van der Waals surface area contributed by atoms with Gasteiger partial charge in [-0.05, 0) is 32.0 Å². The van der Waals surface area contributed by atoms with Gasteiger partial charge in [0.1, 0.15) is 11.9 Å². The average Bonchev–Trinajstić information content (AvgIpc) is 2.88. The molecule has 0 aliphatic carbocycles. The van der Waals surface area contributed by atoms with Crippen LogP contribution in [0, 0.1) is 25.2 Å². The number of hydrogen-bond donors (Lipinski definition) is 1. The number of rotatable bonds is 5. The smallest absolute Gasteiger partial charge is 0.239 e. The molecule has 142 valence electrons. The fraction of sp³-hybridized carbons (Fsp3) is 0.429. The average molecular weight is 365 g/mol. The second-order valence-corrected chi connectivity index (χ2v) is 7.25. The molecule has 1 aliphatic rings. The lowest BCUT2D eigenvalue weighted by Crippen LogP contribution is -2.47. The van der Waals surface area contributed by atoms with Crippen LogP contribution >= 0.6 is 0 Å². The number of hydrogen-bond acceptors (Lipinski definition) is 4. The Morgan fingerprint density at radius 2 is 1.81 bits per heavy atom. The molecule has 1 fully saturated rings. The zero-order chi connectivity index (χ0) is 19.4. The van der Waals surface area contributed by atoms with Crippen LogP contribution in [0.15, 0.2) is 30.3 Å². The number of benzene rings is 1. The van der Waals surface area contributed by atoms with Crippen LogP contribution in [0.25, 0.3) is 0 Å². The lowest BCUT2D eigenvalue weighted by atomic mass is 10.2. The van der Waals surface area contributed by atoms with Gasteiger partial charge in [-0.2, -0.15) is 5.26 Å². The summed E-state index contributed by atoms with van der Waals surface area (Å²) >= 11 is 0. The number of anilines is 1. The molecule has 1 amide bonds. The maximum absolute atomic E-state index is 12.7. The molecule has 6 heteroatoms. The Hall–Kier alpha value is -2.62. The van der Waals surface area contributed by atoms with Crippen molar-refractivity contribution in [2.45, 2.75) is 20.4 Å². The highest BCUT2D eigenvalue weighted by Crippen LogP contribution is 2.27. The Kier molecular flexibility index (Phi) is 5.94. The molecule has 2 aromatic rings. The van der Waals surface area contributed by atoms with Crippen LogP contribution in [0.4, 0.5) is 5.82 Å². The first-order valence-electron chi connectivity index (χ1n) is 9.34. The number of piperazine rings is 1. The van der Waals surface area contributed by atoms with Gasteiger partial charge in [-0.25, -0.2) is 0 Å². The molecule has 6 nitrogen and oxygen atoms in total. The number of likely N-dealkylation sites (N-methyl/N-ethyl adjacent to an activating group) is 1. The van der Waals surface area contributed by atoms with E-state index in [1.165, 1.54) is 0 Å². The van der Waals surface area contributed by atoms with Crippen molar-refractivity contribution in [2.75, 3.05) is 45.1 Å². The maximum atomic E-state index is 12.7.